The molecule has 0 aliphatic heterocycles. The summed E-state index contributed by atoms with van der Waals surface area (Å²) in [6.07, 6.45) is 1.82. The third kappa shape index (κ3) is 5.48. The number of carbonyl (C=O) groups excluding carboxylic acids is 1. The molecule has 1 heterocycles. The maximum absolute atomic E-state index is 10.7. The fraction of sp³-hybridized carbons (Fsp3) is 0.500. The summed E-state index contributed by atoms with van der Waals surface area (Å²) in [7, 11) is 1.68. The van der Waals surface area contributed by atoms with Crippen LogP contribution >= 0.6 is 11.8 Å². The van der Waals surface area contributed by atoms with E-state index >= 15 is 0 Å². The fourth-order valence-electron chi connectivity index (χ4n) is 1.41. The Labute approximate surface area is 111 Å². The summed E-state index contributed by atoms with van der Waals surface area (Å²) in [4.78, 5) is 15.0. The van der Waals surface area contributed by atoms with Crippen LogP contribution in [-0.2, 0) is 16.1 Å². The van der Waals surface area contributed by atoms with E-state index in [1.165, 1.54) is 11.8 Å². The van der Waals surface area contributed by atoms with E-state index in [2.05, 4.69) is 16.4 Å². The number of methoxy groups -OCH3 is 1. The molecule has 18 heavy (non-hydrogen) atoms. The van der Waals surface area contributed by atoms with Crippen LogP contribution in [0.2, 0.25) is 0 Å². The van der Waals surface area contributed by atoms with Gasteiger partial charge in [-0.05, 0) is 18.1 Å². The molecule has 0 aromatic carbocycles. The van der Waals surface area contributed by atoms with E-state index in [1.54, 1.807) is 7.11 Å². The molecule has 5 nitrogen and oxygen atoms in total. The molecular formula is C12H19N3O2S. The van der Waals surface area contributed by atoms with Gasteiger partial charge in [-0.25, -0.2) is 4.98 Å². The van der Waals surface area contributed by atoms with Gasteiger partial charge in [0.2, 0.25) is 5.91 Å². The highest BCUT2D eigenvalue weighted by Gasteiger charge is 2.04. The molecule has 100 valence electrons. The highest BCUT2D eigenvalue weighted by Crippen LogP contribution is 2.19. The molecule has 0 saturated heterocycles. The lowest BCUT2D eigenvalue weighted by molar-refractivity contribution is -0.115. The van der Waals surface area contributed by atoms with E-state index in [-0.39, 0.29) is 11.7 Å². The van der Waals surface area contributed by atoms with E-state index in [0.29, 0.717) is 6.61 Å². The average molecular weight is 269 g/mol. The Kier molecular flexibility index (Phi) is 6.70. The normalized spacial score (nSPS) is 10.6. The van der Waals surface area contributed by atoms with E-state index in [0.717, 1.165) is 29.2 Å². The van der Waals surface area contributed by atoms with Crippen molar-refractivity contribution >= 4 is 17.7 Å². The molecule has 6 heteroatoms. The van der Waals surface area contributed by atoms with Gasteiger partial charge in [0.1, 0.15) is 0 Å². The van der Waals surface area contributed by atoms with Gasteiger partial charge in [0.15, 0.2) is 0 Å². The summed E-state index contributed by atoms with van der Waals surface area (Å²) in [5, 5.41) is 4.11. The number of hydrogen-bond donors (Lipinski definition) is 2. The molecule has 1 aromatic heterocycles. The van der Waals surface area contributed by atoms with Crippen LogP contribution in [0.5, 0.6) is 0 Å². The molecule has 1 aromatic rings. The van der Waals surface area contributed by atoms with Crippen LogP contribution in [0.4, 0.5) is 0 Å². The van der Waals surface area contributed by atoms with Crippen molar-refractivity contribution in [3.63, 3.8) is 0 Å². The second-order valence-electron chi connectivity index (χ2n) is 3.89. The second-order valence-corrected chi connectivity index (χ2v) is 4.85. The lowest BCUT2D eigenvalue weighted by Crippen LogP contribution is -2.18. The van der Waals surface area contributed by atoms with Gasteiger partial charge in [-0.3, -0.25) is 4.79 Å². The molecule has 3 N–H and O–H groups in total. The molecule has 0 fully saturated rings. The van der Waals surface area contributed by atoms with Gasteiger partial charge in [0, 0.05) is 26.4 Å². The fourth-order valence-corrected chi connectivity index (χ4v) is 2.11. The zero-order valence-electron chi connectivity index (χ0n) is 10.7. The monoisotopic (exact) mass is 269 g/mol. The largest absolute Gasteiger partial charge is 0.383 e. The second kappa shape index (κ2) is 8.07. The van der Waals surface area contributed by atoms with Crippen LogP contribution in [-0.4, -0.2) is 36.9 Å². The van der Waals surface area contributed by atoms with Gasteiger partial charge in [-0.15, -0.1) is 0 Å². The first-order valence-electron chi connectivity index (χ1n) is 5.69. The van der Waals surface area contributed by atoms with E-state index in [9.17, 15) is 4.79 Å². The van der Waals surface area contributed by atoms with Crippen molar-refractivity contribution in [2.45, 2.75) is 18.5 Å². The highest BCUT2D eigenvalue weighted by atomic mass is 32.2. The Bertz CT molecular complexity index is 399. The zero-order valence-corrected chi connectivity index (χ0v) is 11.5. The lowest BCUT2D eigenvalue weighted by atomic mass is 10.2. The van der Waals surface area contributed by atoms with Crippen molar-refractivity contribution in [2.24, 2.45) is 5.73 Å². The Morgan fingerprint density at radius 2 is 2.39 bits per heavy atom. The van der Waals surface area contributed by atoms with Crippen LogP contribution in [0.1, 0.15) is 11.1 Å². The van der Waals surface area contributed by atoms with Gasteiger partial charge in [-0.1, -0.05) is 17.8 Å². The number of pyridine rings is 1. The minimum absolute atomic E-state index is 0.263. The van der Waals surface area contributed by atoms with Crippen LogP contribution in [0.15, 0.2) is 17.3 Å². The quantitative estimate of drug-likeness (QED) is 0.537. The number of amides is 1. The number of carbonyl (C=O) groups is 1. The van der Waals surface area contributed by atoms with Crippen LogP contribution in [0.25, 0.3) is 0 Å². The molecular weight excluding hydrogens is 250 g/mol. The average Bonchev–Trinajstić information content (AvgIpc) is 2.33. The third-order valence-corrected chi connectivity index (χ3v) is 3.38. The van der Waals surface area contributed by atoms with Crippen LogP contribution in [0.3, 0.4) is 0 Å². The van der Waals surface area contributed by atoms with Gasteiger partial charge in [0.05, 0.1) is 17.4 Å². The summed E-state index contributed by atoms with van der Waals surface area (Å²) < 4.78 is 4.95. The molecule has 1 amide bonds. The first-order valence-corrected chi connectivity index (χ1v) is 6.68. The number of primary amides is 1. The molecule has 0 unspecified atom stereocenters. The van der Waals surface area contributed by atoms with Crippen molar-refractivity contribution in [1.82, 2.24) is 10.3 Å². The smallest absolute Gasteiger partial charge is 0.227 e. The van der Waals surface area contributed by atoms with E-state index in [1.807, 2.05) is 13.1 Å². The van der Waals surface area contributed by atoms with E-state index < -0.39 is 0 Å². The maximum atomic E-state index is 10.7. The van der Waals surface area contributed by atoms with Gasteiger partial charge in [0.25, 0.3) is 0 Å². The minimum Gasteiger partial charge on any atom is -0.383 e. The van der Waals surface area contributed by atoms with Crippen molar-refractivity contribution in [2.75, 3.05) is 26.0 Å². The highest BCUT2D eigenvalue weighted by molar-refractivity contribution is 7.99. The number of ether oxygens (including phenoxy) is 1. The topological polar surface area (TPSA) is 77.2 Å². The first kappa shape index (κ1) is 14.9. The molecule has 0 radical (unpaired) electrons. The van der Waals surface area contributed by atoms with Crippen molar-refractivity contribution in [1.29, 1.82) is 0 Å². The number of rotatable bonds is 8. The standard InChI is InChI=1S/C12H19N3O2S/c1-9-5-10(6-14-3-4-17-2)7-15-12(9)18-8-11(13)16/h5,7,14H,3-4,6,8H2,1-2H3,(H2,13,16). The summed E-state index contributed by atoms with van der Waals surface area (Å²) in [6.45, 7) is 4.25. The Morgan fingerprint density at radius 1 is 1.61 bits per heavy atom. The van der Waals surface area contributed by atoms with Gasteiger partial charge < -0.3 is 15.8 Å². The summed E-state index contributed by atoms with van der Waals surface area (Å²) in [5.74, 6) is -0.0641. The molecule has 1 rings (SSSR count). The third-order valence-electron chi connectivity index (χ3n) is 2.25. The Hall–Kier alpha value is -1.11. The Morgan fingerprint density at radius 3 is 3.00 bits per heavy atom. The van der Waals surface area contributed by atoms with Crippen molar-refractivity contribution in [3.8, 4) is 0 Å². The first-order chi connectivity index (χ1) is 8.63. The number of nitrogens with two attached hydrogens (primary N) is 1. The summed E-state index contributed by atoms with van der Waals surface area (Å²) in [6, 6.07) is 2.07. The molecule has 0 spiro atoms. The van der Waals surface area contributed by atoms with Crippen LogP contribution in [0, 0.1) is 6.92 Å². The number of nitrogens with one attached hydrogen (secondary N) is 1. The van der Waals surface area contributed by atoms with Crippen LogP contribution < -0.4 is 11.1 Å². The number of nitrogens with zero attached hydrogens (tertiary/aromatic N) is 1. The Balaban J connectivity index is 2.48. The number of aromatic nitrogens is 1. The number of aryl methyl sites for hydroxylation is 1. The van der Waals surface area contributed by atoms with E-state index in [4.69, 9.17) is 10.5 Å². The minimum atomic E-state index is -0.327. The van der Waals surface area contributed by atoms with Crippen molar-refractivity contribution < 1.29 is 9.53 Å². The lowest BCUT2D eigenvalue weighted by Gasteiger charge is -2.07. The molecule has 0 atom stereocenters. The number of thioether (sulfide) groups is 1. The predicted octanol–water partition coefficient (Wildman–Crippen LogP) is 0.703. The molecule has 0 aliphatic rings. The number of hydrogen-bond acceptors (Lipinski definition) is 5. The summed E-state index contributed by atoms with van der Waals surface area (Å²) in [5.41, 5.74) is 7.29. The zero-order chi connectivity index (χ0) is 13.4. The molecule has 0 aliphatic carbocycles. The molecule has 0 bridgehead atoms. The SMILES string of the molecule is COCCNCc1cnc(SCC(N)=O)c(C)c1. The van der Waals surface area contributed by atoms with Gasteiger partial charge >= 0.3 is 0 Å². The predicted molar refractivity (Wildman–Crippen MR) is 72.5 cm³/mol. The summed E-state index contributed by atoms with van der Waals surface area (Å²) >= 11 is 1.37. The maximum Gasteiger partial charge on any atom is 0.227 e. The molecule has 0 saturated carbocycles. The van der Waals surface area contributed by atoms with Gasteiger partial charge in [-0.2, -0.15) is 0 Å². The van der Waals surface area contributed by atoms with Crippen molar-refractivity contribution in [3.05, 3.63) is 23.4 Å².